The van der Waals surface area contributed by atoms with Crippen molar-refractivity contribution < 1.29 is 9.18 Å². The Kier molecular flexibility index (Phi) is 5.63. The smallest absolute Gasteiger partial charge is 0.162 e. The Labute approximate surface area is 158 Å². The van der Waals surface area contributed by atoms with Crippen LogP contribution < -0.4 is 0 Å². The molecule has 0 atom stereocenters. The first kappa shape index (κ1) is 19.1. The molecule has 0 saturated heterocycles. The number of benzene rings is 1. The standard InChI is InChI=1S/C21H25FN4O/c1-5-7-15(8-6-2)26-21-12-23-19(11-20(21)24-25-26)16-10-18(22)17(14(4)27)9-13(16)3/h9-12,15H,5-8H2,1-4H3. The Morgan fingerprint density at radius 3 is 2.52 bits per heavy atom. The summed E-state index contributed by atoms with van der Waals surface area (Å²) >= 11 is 0. The molecule has 3 aromatic rings. The van der Waals surface area contributed by atoms with Crippen LogP contribution in [0.3, 0.4) is 0 Å². The van der Waals surface area contributed by atoms with E-state index in [0.29, 0.717) is 17.3 Å². The zero-order valence-electron chi connectivity index (χ0n) is 16.3. The molecule has 0 N–H and O–H groups in total. The highest BCUT2D eigenvalue weighted by Gasteiger charge is 2.17. The van der Waals surface area contributed by atoms with Gasteiger partial charge >= 0.3 is 0 Å². The van der Waals surface area contributed by atoms with Gasteiger partial charge in [-0.3, -0.25) is 9.78 Å². The molecule has 0 unspecified atom stereocenters. The number of carbonyl (C=O) groups is 1. The molecule has 0 aliphatic carbocycles. The predicted molar refractivity (Wildman–Crippen MR) is 104 cm³/mol. The van der Waals surface area contributed by atoms with Crippen molar-refractivity contribution in [2.24, 2.45) is 0 Å². The predicted octanol–water partition coefficient (Wildman–Crippen LogP) is 5.28. The van der Waals surface area contributed by atoms with Crippen molar-refractivity contribution in [2.45, 2.75) is 59.4 Å². The summed E-state index contributed by atoms with van der Waals surface area (Å²) in [4.78, 5) is 16.1. The van der Waals surface area contributed by atoms with E-state index >= 15 is 0 Å². The van der Waals surface area contributed by atoms with Gasteiger partial charge in [0.2, 0.25) is 0 Å². The molecule has 2 heterocycles. The summed E-state index contributed by atoms with van der Waals surface area (Å²) in [6, 6.07) is 5.10. The maximum atomic E-state index is 14.3. The van der Waals surface area contributed by atoms with Gasteiger partial charge in [0, 0.05) is 5.56 Å². The van der Waals surface area contributed by atoms with E-state index in [9.17, 15) is 9.18 Å². The number of pyridine rings is 1. The van der Waals surface area contributed by atoms with E-state index in [0.717, 1.165) is 42.3 Å². The fraction of sp³-hybridized carbons (Fsp3) is 0.429. The van der Waals surface area contributed by atoms with Gasteiger partial charge in [-0.25, -0.2) is 9.07 Å². The quantitative estimate of drug-likeness (QED) is 0.532. The fourth-order valence-corrected chi connectivity index (χ4v) is 3.54. The Bertz CT molecular complexity index is 974. The molecular weight excluding hydrogens is 343 g/mol. The van der Waals surface area contributed by atoms with E-state index in [1.54, 1.807) is 12.3 Å². The van der Waals surface area contributed by atoms with Gasteiger partial charge in [-0.05, 0) is 50.5 Å². The van der Waals surface area contributed by atoms with Crippen molar-refractivity contribution in [1.82, 2.24) is 20.0 Å². The van der Waals surface area contributed by atoms with Crippen LogP contribution in [0.15, 0.2) is 24.4 Å². The van der Waals surface area contributed by atoms with Gasteiger partial charge in [0.15, 0.2) is 5.78 Å². The average molecular weight is 368 g/mol. The summed E-state index contributed by atoms with van der Waals surface area (Å²) in [5, 5.41) is 8.67. The molecule has 0 fully saturated rings. The Morgan fingerprint density at radius 2 is 1.89 bits per heavy atom. The van der Waals surface area contributed by atoms with Gasteiger partial charge in [-0.2, -0.15) is 0 Å². The summed E-state index contributed by atoms with van der Waals surface area (Å²) in [6.45, 7) is 7.55. The van der Waals surface area contributed by atoms with Crippen LogP contribution in [0.25, 0.3) is 22.3 Å². The lowest BCUT2D eigenvalue weighted by Gasteiger charge is -2.16. The van der Waals surface area contributed by atoms with Crippen molar-refractivity contribution in [3.63, 3.8) is 0 Å². The van der Waals surface area contributed by atoms with Crippen LogP contribution in [0.4, 0.5) is 4.39 Å². The van der Waals surface area contributed by atoms with Crippen LogP contribution >= 0.6 is 0 Å². The number of hydrogen-bond acceptors (Lipinski definition) is 4. The molecule has 0 aliphatic heterocycles. The number of Topliss-reactive ketones (excluding diaryl/α,β-unsaturated/α-hetero) is 1. The van der Waals surface area contributed by atoms with Crippen molar-refractivity contribution >= 4 is 16.8 Å². The SMILES string of the molecule is CCCC(CCC)n1nnc2cc(-c3cc(F)c(C(C)=O)cc3C)ncc21. The number of carbonyl (C=O) groups excluding carboxylic acids is 1. The van der Waals surface area contributed by atoms with Crippen molar-refractivity contribution in [3.05, 3.63) is 41.3 Å². The van der Waals surface area contributed by atoms with Crippen molar-refractivity contribution in [1.29, 1.82) is 0 Å². The maximum absolute atomic E-state index is 14.3. The van der Waals surface area contributed by atoms with Crippen molar-refractivity contribution in [3.8, 4) is 11.3 Å². The second kappa shape index (κ2) is 7.94. The first-order chi connectivity index (χ1) is 13.0. The summed E-state index contributed by atoms with van der Waals surface area (Å²) in [5.74, 6) is -0.814. The number of aromatic nitrogens is 4. The highest BCUT2D eigenvalue weighted by Crippen LogP contribution is 2.29. The molecule has 6 heteroatoms. The summed E-state index contributed by atoms with van der Waals surface area (Å²) in [7, 11) is 0. The first-order valence-electron chi connectivity index (χ1n) is 9.48. The monoisotopic (exact) mass is 368 g/mol. The van der Waals surface area contributed by atoms with Gasteiger partial charge in [-0.15, -0.1) is 5.10 Å². The zero-order chi connectivity index (χ0) is 19.6. The number of hydrogen-bond donors (Lipinski definition) is 0. The normalized spacial score (nSPS) is 11.5. The minimum atomic E-state index is -0.528. The topological polar surface area (TPSA) is 60.7 Å². The minimum absolute atomic E-state index is 0.102. The third kappa shape index (κ3) is 3.75. The van der Waals surface area contributed by atoms with E-state index in [1.807, 2.05) is 17.7 Å². The second-order valence-electron chi connectivity index (χ2n) is 7.03. The summed E-state index contributed by atoms with van der Waals surface area (Å²) in [5.41, 5.74) is 3.83. The van der Waals surface area contributed by atoms with Crippen LogP contribution in [0.2, 0.25) is 0 Å². The second-order valence-corrected chi connectivity index (χ2v) is 7.03. The molecule has 5 nitrogen and oxygen atoms in total. The molecule has 0 amide bonds. The lowest BCUT2D eigenvalue weighted by molar-refractivity contribution is 0.101. The molecule has 0 saturated carbocycles. The first-order valence-corrected chi connectivity index (χ1v) is 9.48. The number of rotatable bonds is 7. The zero-order valence-corrected chi connectivity index (χ0v) is 16.3. The maximum Gasteiger partial charge on any atom is 0.162 e. The van der Waals surface area contributed by atoms with Crippen LogP contribution in [0.5, 0.6) is 0 Å². The Morgan fingerprint density at radius 1 is 1.19 bits per heavy atom. The van der Waals surface area contributed by atoms with E-state index < -0.39 is 5.82 Å². The molecule has 3 rings (SSSR count). The number of ketones is 1. The van der Waals surface area contributed by atoms with Crippen LogP contribution in [0, 0.1) is 12.7 Å². The van der Waals surface area contributed by atoms with E-state index in [-0.39, 0.29) is 11.3 Å². The molecule has 0 bridgehead atoms. The third-order valence-corrected chi connectivity index (χ3v) is 4.92. The Hall–Kier alpha value is -2.63. The largest absolute Gasteiger partial charge is 0.294 e. The molecule has 2 aromatic heterocycles. The van der Waals surface area contributed by atoms with E-state index in [2.05, 4.69) is 29.1 Å². The molecule has 0 aliphatic rings. The lowest BCUT2D eigenvalue weighted by Crippen LogP contribution is -2.10. The van der Waals surface area contributed by atoms with Gasteiger partial charge < -0.3 is 0 Å². The number of halogens is 1. The minimum Gasteiger partial charge on any atom is -0.294 e. The molecular formula is C21H25FN4O. The summed E-state index contributed by atoms with van der Waals surface area (Å²) < 4.78 is 16.2. The molecule has 0 spiro atoms. The highest BCUT2D eigenvalue weighted by atomic mass is 19.1. The number of fused-ring (bicyclic) bond motifs is 1. The average Bonchev–Trinajstić information content (AvgIpc) is 3.06. The van der Waals surface area contributed by atoms with Crippen LogP contribution in [0.1, 0.15) is 68.4 Å². The van der Waals surface area contributed by atoms with Crippen molar-refractivity contribution in [2.75, 3.05) is 0 Å². The Balaban J connectivity index is 2.04. The van der Waals surface area contributed by atoms with Gasteiger partial charge in [-0.1, -0.05) is 31.9 Å². The van der Waals surface area contributed by atoms with Gasteiger partial charge in [0.25, 0.3) is 0 Å². The molecule has 142 valence electrons. The molecule has 27 heavy (non-hydrogen) atoms. The third-order valence-electron chi connectivity index (χ3n) is 4.92. The molecule has 0 radical (unpaired) electrons. The molecule has 1 aromatic carbocycles. The number of nitrogens with zero attached hydrogens (tertiary/aromatic N) is 4. The van der Waals surface area contributed by atoms with Gasteiger partial charge in [0.05, 0.1) is 23.5 Å². The van der Waals surface area contributed by atoms with E-state index in [4.69, 9.17) is 0 Å². The van der Waals surface area contributed by atoms with Crippen LogP contribution in [-0.4, -0.2) is 25.8 Å². The van der Waals surface area contributed by atoms with E-state index in [1.165, 1.54) is 13.0 Å². The lowest BCUT2D eigenvalue weighted by atomic mass is 9.99. The fourth-order valence-electron chi connectivity index (χ4n) is 3.54. The highest BCUT2D eigenvalue weighted by molar-refractivity contribution is 5.95. The van der Waals surface area contributed by atoms with Crippen LogP contribution in [-0.2, 0) is 0 Å². The number of aryl methyl sites for hydroxylation is 1. The van der Waals surface area contributed by atoms with Gasteiger partial charge in [0.1, 0.15) is 16.9 Å². The summed E-state index contributed by atoms with van der Waals surface area (Å²) in [6.07, 6.45) is 6.02.